The average Bonchev–Trinajstić information content (AvgIpc) is 2.36. The van der Waals surface area contributed by atoms with Crippen molar-refractivity contribution in [3.63, 3.8) is 0 Å². The van der Waals surface area contributed by atoms with E-state index < -0.39 is 5.82 Å². The molecule has 0 aliphatic carbocycles. The number of halogens is 1. The lowest BCUT2D eigenvalue weighted by Crippen LogP contribution is -2.32. The molecular formula is C14H17FN2O. The molecule has 0 spiro atoms. The van der Waals surface area contributed by atoms with Crippen molar-refractivity contribution >= 4 is 5.91 Å². The van der Waals surface area contributed by atoms with Crippen LogP contribution in [0.3, 0.4) is 0 Å². The second kappa shape index (κ2) is 6.77. The number of rotatable bonds is 3. The summed E-state index contributed by atoms with van der Waals surface area (Å²) in [6, 6.07) is 4.00. The molecule has 0 radical (unpaired) electrons. The van der Waals surface area contributed by atoms with Crippen LogP contribution < -0.4 is 11.1 Å². The molecule has 1 atom stereocenters. The Morgan fingerprint density at radius 3 is 2.89 bits per heavy atom. The Hall–Kier alpha value is -1.86. The fraction of sp³-hybridized carbons (Fsp3) is 0.357. The Labute approximate surface area is 107 Å². The Kier molecular flexibility index (Phi) is 5.34. The number of hydrogen-bond acceptors (Lipinski definition) is 2. The van der Waals surface area contributed by atoms with Crippen LogP contribution in [0.5, 0.6) is 0 Å². The summed E-state index contributed by atoms with van der Waals surface area (Å²) < 4.78 is 13.1. The van der Waals surface area contributed by atoms with Gasteiger partial charge in [-0.05, 0) is 31.5 Å². The van der Waals surface area contributed by atoms with Crippen molar-refractivity contribution in [2.45, 2.75) is 26.3 Å². The van der Waals surface area contributed by atoms with Gasteiger partial charge in [-0.1, -0.05) is 18.8 Å². The van der Waals surface area contributed by atoms with Crippen LogP contribution in [-0.4, -0.2) is 18.5 Å². The van der Waals surface area contributed by atoms with Gasteiger partial charge in [0.25, 0.3) is 5.91 Å². The van der Waals surface area contributed by atoms with Crippen molar-refractivity contribution in [1.82, 2.24) is 5.32 Å². The normalized spacial score (nSPS) is 11.3. The molecule has 1 aromatic carbocycles. The minimum absolute atomic E-state index is 0.0675. The number of hydrogen-bond donors (Lipinski definition) is 2. The Morgan fingerprint density at radius 1 is 1.56 bits per heavy atom. The maximum atomic E-state index is 13.1. The van der Waals surface area contributed by atoms with E-state index in [1.54, 1.807) is 0 Å². The summed E-state index contributed by atoms with van der Waals surface area (Å²) in [5, 5.41) is 2.82. The quantitative estimate of drug-likeness (QED) is 0.799. The van der Waals surface area contributed by atoms with Gasteiger partial charge in [0, 0.05) is 11.6 Å². The molecule has 1 amide bonds. The maximum Gasteiger partial charge on any atom is 0.252 e. The van der Waals surface area contributed by atoms with Gasteiger partial charge in [0.15, 0.2) is 0 Å². The second-order valence-electron chi connectivity index (χ2n) is 3.98. The van der Waals surface area contributed by atoms with Gasteiger partial charge in [-0.15, -0.1) is 0 Å². The number of carbonyl (C=O) groups is 1. The third-order valence-corrected chi connectivity index (χ3v) is 2.54. The van der Waals surface area contributed by atoms with Crippen molar-refractivity contribution in [2.24, 2.45) is 5.73 Å². The third-order valence-electron chi connectivity index (χ3n) is 2.54. The van der Waals surface area contributed by atoms with Crippen LogP contribution in [0.4, 0.5) is 4.39 Å². The molecule has 0 aliphatic rings. The Morgan fingerprint density at radius 2 is 2.28 bits per heavy atom. The maximum absolute atomic E-state index is 13.1. The molecular weight excluding hydrogens is 231 g/mol. The second-order valence-corrected chi connectivity index (χ2v) is 3.98. The van der Waals surface area contributed by atoms with E-state index in [0.717, 1.165) is 6.42 Å². The zero-order valence-electron chi connectivity index (χ0n) is 10.6. The molecule has 1 rings (SSSR count). The Balaban J connectivity index is 3.03. The van der Waals surface area contributed by atoms with E-state index in [1.807, 2.05) is 13.8 Å². The molecule has 3 N–H and O–H groups in total. The highest BCUT2D eigenvalue weighted by atomic mass is 19.1. The minimum Gasteiger partial charge on any atom is -0.350 e. The summed E-state index contributed by atoms with van der Waals surface area (Å²) in [6.07, 6.45) is 0.830. The molecule has 1 aromatic rings. The van der Waals surface area contributed by atoms with Crippen molar-refractivity contribution in [2.75, 3.05) is 6.54 Å². The standard InChI is InChI=1S/C14H17FN2O/c1-3-10(2)17-14(18)13-7-6-12(15)9-11(13)5-4-8-16/h6-7,9-10H,3,8,16H2,1-2H3,(H,17,18). The van der Waals surface area contributed by atoms with Gasteiger partial charge in [0.2, 0.25) is 0 Å². The van der Waals surface area contributed by atoms with E-state index in [-0.39, 0.29) is 18.5 Å². The van der Waals surface area contributed by atoms with Gasteiger partial charge < -0.3 is 11.1 Å². The van der Waals surface area contributed by atoms with Crippen LogP contribution in [-0.2, 0) is 0 Å². The van der Waals surface area contributed by atoms with E-state index in [0.29, 0.717) is 11.1 Å². The van der Waals surface area contributed by atoms with Crippen LogP contribution >= 0.6 is 0 Å². The first kappa shape index (κ1) is 14.2. The van der Waals surface area contributed by atoms with Gasteiger partial charge in [0.05, 0.1) is 12.1 Å². The SMILES string of the molecule is CCC(C)NC(=O)c1ccc(F)cc1C#CCN. The first-order chi connectivity index (χ1) is 8.58. The lowest BCUT2D eigenvalue weighted by atomic mass is 10.1. The van der Waals surface area contributed by atoms with Crippen LogP contribution in [0.1, 0.15) is 36.2 Å². The lowest BCUT2D eigenvalue weighted by Gasteiger charge is -2.12. The fourth-order valence-corrected chi connectivity index (χ4v) is 1.37. The van der Waals surface area contributed by atoms with E-state index in [4.69, 9.17) is 5.73 Å². The average molecular weight is 248 g/mol. The summed E-state index contributed by atoms with van der Waals surface area (Å²) in [7, 11) is 0. The predicted octanol–water partition coefficient (Wildman–Crippen LogP) is 1.66. The van der Waals surface area contributed by atoms with Gasteiger partial charge in [0.1, 0.15) is 5.82 Å². The van der Waals surface area contributed by atoms with Crippen molar-refractivity contribution < 1.29 is 9.18 Å². The van der Waals surface area contributed by atoms with Crippen molar-refractivity contribution in [1.29, 1.82) is 0 Å². The number of nitrogens with one attached hydrogen (secondary N) is 1. The summed E-state index contributed by atoms with van der Waals surface area (Å²) in [5.41, 5.74) is 6.01. The first-order valence-corrected chi connectivity index (χ1v) is 5.87. The summed E-state index contributed by atoms with van der Waals surface area (Å²) in [4.78, 5) is 12.0. The zero-order valence-corrected chi connectivity index (χ0v) is 10.6. The van der Waals surface area contributed by atoms with Gasteiger partial charge in [-0.2, -0.15) is 0 Å². The number of nitrogens with two attached hydrogens (primary N) is 1. The molecule has 1 unspecified atom stereocenters. The highest BCUT2D eigenvalue weighted by Crippen LogP contribution is 2.11. The molecule has 0 aromatic heterocycles. The number of benzene rings is 1. The third kappa shape index (κ3) is 3.86. The Bertz CT molecular complexity index is 488. The van der Waals surface area contributed by atoms with Crippen LogP contribution in [0.15, 0.2) is 18.2 Å². The van der Waals surface area contributed by atoms with Crippen molar-refractivity contribution in [3.05, 3.63) is 35.1 Å². The molecule has 18 heavy (non-hydrogen) atoms. The fourth-order valence-electron chi connectivity index (χ4n) is 1.37. The van der Waals surface area contributed by atoms with Gasteiger partial charge in [-0.3, -0.25) is 4.79 Å². The van der Waals surface area contributed by atoms with E-state index in [9.17, 15) is 9.18 Å². The zero-order chi connectivity index (χ0) is 13.5. The van der Waals surface area contributed by atoms with E-state index in [1.165, 1.54) is 18.2 Å². The van der Waals surface area contributed by atoms with E-state index >= 15 is 0 Å². The van der Waals surface area contributed by atoms with Crippen LogP contribution in [0, 0.1) is 17.7 Å². The van der Waals surface area contributed by atoms with E-state index in [2.05, 4.69) is 17.2 Å². The van der Waals surface area contributed by atoms with Gasteiger partial charge in [-0.25, -0.2) is 4.39 Å². The molecule has 0 saturated carbocycles. The number of amides is 1. The van der Waals surface area contributed by atoms with Crippen LogP contribution in [0.2, 0.25) is 0 Å². The van der Waals surface area contributed by atoms with Crippen molar-refractivity contribution in [3.8, 4) is 11.8 Å². The molecule has 0 fully saturated rings. The lowest BCUT2D eigenvalue weighted by molar-refractivity contribution is 0.0939. The predicted molar refractivity (Wildman–Crippen MR) is 69.6 cm³/mol. The number of carbonyl (C=O) groups excluding carboxylic acids is 1. The summed E-state index contributed by atoms with van der Waals surface area (Å²) >= 11 is 0. The minimum atomic E-state index is -0.420. The molecule has 0 saturated heterocycles. The summed E-state index contributed by atoms with van der Waals surface area (Å²) in [6.45, 7) is 4.06. The highest BCUT2D eigenvalue weighted by molar-refractivity contribution is 5.96. The largest absolute Gasteiger partial charge is 0.350 e. The first-order valence-electron chi connectivity index (χ1n) is 5.87. The molecule has 96 valence electrons. The van der Waals surface area contributed by atoms with Crippen LogP contribution in [0.25, 0.3) is 0 Å². The monoisotopic (exact) mass is 248 g/mol. The van der Waals surface area contributed by atoms with Gasteiger partial charge >= 0.3 is 0 Å². The molecule has 0 heterocycles. The molecule has 3 nitrogen and oxygen atoms in total. The topological polar surface area (TPSA) is 55.1 Å². The molecule has 4 heteroatoms. The molecule has 0 aliphatic heterocycles. The highest BCUT2D eigenvalue weighted by Gasteiger charge is 2.12. The summed E-state index contributed by atoms with van der Waals surface area (Å²) in [5.74, 6) is 4.67. The molecule has 0 bridgehead atoms. The smallest absolute Gasteiger partial charge is 0.252 e.